The highest BCUT2D eigenvalue weighted by Crippen LogP contribution is 2.30. The van der Waals surface area contributed by atoms with E-state index < -0.39 is 18.0 Å². The predicted molar refractivity (Wildman–Crippen MR) is 79.3 cm³/mol. The molecule has 1 atom stereocenters. The number of cyclic esters (lactones) is 1. The number of ether oxygens (including phenoxy) is 2. The Morgan fingerprint density at radius 2 is 2.05 bits per heavy atom. The minimum absolute atomic E-state index is 0.312. The largest absolute Gasteiger partial charge is 0.463 e. The summed E-state index contributed by atoms with van der Waals surface area (Å²) in [7, 11) is 0. The summed E-state index contributed by atoms with van der Waals surface area (Å²) in [6, 6.07) is 9.82. The second-order valence-electron chi connectivity index (χ2n) is 4.88. The van der Waals surface area contributed by atoms with Crippen LogP contribution in [0, 0.1) is 6.92 Å². The number of benzene rings is 1. The summed E-state index contributed by atoms with van der Waals surface area (Å²) in [6.45, 7) is 2.32. The van der Waals surface area contributed by atoms with Gasteiger partial charge in [0.05, 0.1) is 6.61 Å². The number of aryl methyl sites for hydroxylation is 1. The summed E-state index contributed by atoms with van der Waals surface area (Å²) in [5.74, 6) is -0.929. The van der Waals surface area contributed by atoms with Crippen molar-refractivity contribution in [3.63, 3.8) is 0 Å². The van der Waals surface area contributed by atoms with Gasteiger partial charge in [-0.25, -0.2) is 9.59 Å². The van der Waals surface area contributed by atoms with Crippen LogP contribution in [0.4, 0.5) is 0 Å². The molecule has 21 heavy (non-hydrogen) atoms. The maximum Gasteiger partial charge on any atom is 0.349 e. The van der Waals surface area contributed by atoms with Gasteiger partial charge >= 0.3 is 11.9 Å². The fourth-order valence-electron chi connectivity index (χ4n) is 2.19. The highest BCUT2D eigenvalue weighted by molar-refractivity contribution is 7.12. The van der Waals surface area contributed by atoms with Gasteiger partial charge in [0, 0.05) is 12.0 Å². The van der Waals surface area contributed by atoms with Gasteiger partial charge in [-0.3, -0.25) is 0 Å². The van der Waals surface area contributed by atoms with Crippen LogP contribution in [-0.4, -0.2) is 24.6 Å². The minimum atomic E-state index is -0.773. The van der Waals surface area contributed by atoms with E-state index in [2.05, 4.69) is 0 Å². The van der Waals surface area contributed by atoms with Gasteiger partial charge in [-0.15, -0.1) is 11.3 Å². The second-order valence-corrected chi connectivity index (χ2v) is 5.80. The van der Waals surface area contributed by atoms with Crippen molar-refractivity contribution in [3.05, 3.63) is 46.2 Å². The molecule has 0 radical (unpaired) electrons. The molecule has 2 aromatic rings. The third-order valence-corrected chi connectivity index (χ3v) is 4.24. The van der Waals surface area contributed by atoms with Crippen molar-refractivity contribution in [2.45, 2.75) is 19.4 Å². The van der Waals surface area contributed by atoms with Crippen LogP contribution in [0.15, 0.2) is 35.7 Å². The Labute approximate surface area is 126 Å². The van der Waals surface area contributed by atoms with E-state index >= 15 is 0 Å². The average molecular weight is 302 g/mol. The summed E-state index contributed by atoms with van der Waals surface area (Å²) in [5.41, 5.74) is 2.95. The SMILES string of the molecule is Cc1ccc(-c2ccsc2C(=O)O[C@H]2CCOC2=O)cc1. The van der Waals surface area contributed by atoms with Gasteiger partial charge in [-0.1, -0.05) is 29.8 Å². The molecule has 3 rings (SSSR count). The van der Waals surface area contributed by atoms with E-state index in [4.69, 9.17) is 9.47 Å². The zero-order valence-corrected chi connectivity index (χ0v) is 12.3. The molecule has 1 saturated heterocycles. The predicted octanol–water partition coefficient (Wildman–Crippen LogP) is 3.20. The van der Waals surface area contributed by atoms with Gasteiger partial charge in [0.1, 0.15) is 4.88 Å². The molecule has 1 aromatic heterocycles. The van der Waals surface area contributed by atoms with Crippen LogP contribution in [0.25, 0.3) is 11.1 Å². The van der Waals surface area contributed by atoms with E-state index in [9.17, 15) is 9.59 Å². The van der Waals surface area contributed by atoms with E-state index in [0.29, 0.717) is 17.9 Å². The van der Waals surface area contributed by atoms with Gasteiger partial charge in [0.25, 0.3) is 0 Å². The lowest BCUT2D eigenvalue weighted by Gasteiger charge is -2.09. The maximum absolute atomic E-state index is 12.2. The van der Waals surface area contributed by atoms with Crippen LogP contribution in [0.5, 0.6) is 0 Å². The first-order chi connectivity index (χ1) is 10.1. The Hall–Kier alpha value is -2.14. The molecule has 2 heterocycles. The molecule has 0 spiro atoms. The first kappa shape index (κ1) is 13.8. The quantitative estimate of drug-likeness (QED) is 0.817. The summed E-state index contributed by atoms with van der Waals surface area (Å²) in [6.07, 6.45) is -0.346. The molecule has 1 aliphatic rings. The number of hydrogen-bond donors (Lipinski definition) is 0. The van der Waals surface area contributed by atoms with Crippen LogP contribution >= 0.6 is 11.3 Å². The Morgan fingerprint density at radius 3 is 2.71 bits per heavy atom. The number of esters is 2. The van der Waals surface area contributed by atoms with Crippen molar-refractivity contribution in [2.24, 2.45) is 0 Å². The Balaban J connectivity index is 1.83. The van der Waals surface area contributed by atoms with E-state index in [1.54, 1.807) is 0 Å². The Bertz CT molecular complexity index is 672. The monoisotopic (exact) mass is 302 g/mol. The Kier molecular flexibility index (Phi) is 3.75. The Morgan fingerprint density at radius 1 is 1.29 bits per heavy atom. The highest BCUT2D eigenvalue weighted by atomic mass is 32.1. The molecular weight excluding hydrogens is 288 g/mol. The van der Waals surface area contributed by atoms with E-state index in [1.165, 1.54) is 11.3 Å². The molecule has 1 aliphatic heterocycles. The number of hydrogen-bond acceptors (Lipinski definition) is 5. The van der Waals surface area contributed by atoms with E-state index in [1.807, 2.05) is 42.6 Å². The molecule has 1 fully saturated rings. The third-order valence-electron chi connectivity index (χ3n) is 3.35. The van der Waals surface area contributed by atoms with Crippen LogP contribution < -0.4 is 0 Å². The van der Waals surface area contributed by atoms with Crippen molar-refractivity contribution in [1.29, 1.82) is 0 Å². The second kappa shape index (κ2) is 5.69. The molecule has 0 aliphatic carbocycles. The highest BCUT2D eigenvalue weighted by Gasteiger charge is 2.31. The first-order valence-corrected chi connectivity index (χ1v) is 7.55. The van der Waals surface area contributed by atoms with Crippen LogP contribution in [0.3, 0.4) is 0 Å². The smallest absolute Gasteiger partial charge is 0.349 e. The summed E-state index contributed by atoms with van der Waals surface area (Å²) >= 11 is 1.31. The fourth-order valence-corrected chi connectivity index (χ4v) is 2.99. The fraction of sp³-hybridized carbons (Fsp3) is 0.250. The van der Waals surface area contributed by atoms with Crippen molar-refractivity contribution in [1.82, 2.24) is 0 Å². The zero-order chi connectivity index (χ0) is 14.8. The minimum Gasteiger partial charge on any atom is -0.463 e. The van der Waals surface area contributed by atoms with Crippen molar-refractivity contribution < 1.29 is 19.1 Å². The topological polar surface area (TPSA) is 52.6 Å². The zero-order valence-electron chi connectivity index (χ0n) is 11.5. The summed E-state index contributed by atoms with van der Waals surface area (Å²) in [5, 5.41) is 1.85. The molecule has 4 nitrogen and oxygen atoms in total. The van der Waals surface area contributed by atoms with E-state index in [-0.39, 0.29) is 0 Å². The number of thiophene rings is 1. The molecule has 1 aromatic carbocycles. The van der Waals surface area contributed by atoms with Crippen LogP contribution in [0.2, 0.25) is 0 Å². The first-order valence-electron chi connectivity index (χ1n) is 6.67. The number of carbonyl (C=O) groups is 2. The van der Waals surface area contributed by atoms with Crippen molar-refractivity contribution >= 4 is 23.3 Å². The van der Waals surface area contributed by atoms with E-state index in [0.717, 1.165) is 16.7 Å². The van der Waals surface area contributed by atoms with Gasteiger partial charge in [-0.2, -0.15) is 0 Å². The third kappa shape index (κ3) is 2.83. The van der Waals surface area contributed by atoms with Gasteiger partial charge in [-0.05, 0) is 23.9 Å². The van der Waals surface area contributed by atoms with Crippen LogP contribution in [-0.2, 0) is 14.3 Å². The molecule has 0 N–H and O–H groups in total. The lowest BCUT2D eigenvalue weighted by Crippen LogP contribution is -2.22. The van der Waals surface area contributed by atoms with Crippen molar-refractivity contribution in [3.8, 4) is 11.1 Å². The standard InChI is InChI=1S/C16H14O4S/c1-10-2-4-11(5-3-10)12-7-9-21-14(12)16(18)20-13-6-8-19-15(13)17/h2-5,7,9,13H,6,8H2,1H3/t13-/m0/s1. The lowest BCUT2D eigenvalue weighted by atomic mass is 10.1. The summed E-state index contributed by atoms with van der Waals surface area (Å²) < 4.78 is 10.0. The normalized spacial score (nSPS) is 17.6. The van der Waals surface area contributed by atoms with Gasteiger partial charge < -0.3 is 9.47 Å². The van der Waals surface area contributed by atoms with Crippen molar-refractivity contribution in [2.75, 3.05) is 6.61 Å². The molecule has 0 unspecified atom stereocenters. The maximum atomic E-state index is 12.2. The summed E-state index contributed by atoms with van der Waals surface area (Å²) in [4.78, 5) is 24.1. The van der Waals surface area contributed by atoms with Crippen LogP contribution in [0.1, 0.15) is 21.7 Å². The van der Waals surface area contributed by atoms with Gasteiger partial charge in [0.2, 0.25) is 6.10 Å². The average Bonchev–Trinajstić information content (AvgIpc) is 3.09. The number of carbonyl (C=O) groups excluding carboxylic acids is 2. The molecule has 5 heteroatoms. The molecule has 0 saturated carbocycles. The lowest BCUT2D eigenvalue weighted by molar-refractivity contribution is -0.145. The molecule has 108 valence electrons. The molecular formula is C16H14O4S. The number of rotatable bonds is 3. The molecule has 0 amide bonds. The molecule has 0 bridgehead atoms. The van der Waals surface area contributed by atoms with Gasteiger partial charge in [0.15, 0.2) is 0 Å².